The lowest BCUT2D eigenvalue weighted by molar-refractivity contribution is -0.136. The van der Waals surface area contributed by atoms with Crippen molar-refractivity contribution in [3.8, 4) is 5.75 Å². The van der Waals surface area contributed by atoms with Crippen LogP contribution in [0.2, 0.25) is 0 Å². The Balaban J connectivity index is 1.96. The van der Waals surface area contributed by atoms with Crippen molar-refractivity contribution in [2.24, 2.45) is 0 Å². The fourth-order valence-electron chi connectivity index (χ4n) is 1.83. The molecule has 0 unspecified atom stereocenters. The Morgan fingerprint density at radius 2 is 1.88 bits per heavy atom. The van der Waals surface area contributed by atoms with Crippen LogP contribution in [0.5, 0.6) is 5.75 Å². The molecule has 0 amide bonds. The topological polar surface area (TPSA) is 35.5 Å². The molecule has 24 heavy (non-hydrogen) atoms. The third-order valence-corrected chi connectivity index (χ3v) is 4.17. The van der Waals surface area contributed by atoms with Crippen LogP contribution in [0.4, 0.5) is 0 Å². The van der Waals surface area contributed by atoms with E-state index in [9.17, 15) is 4.79 Å². The van der Waals surface area contributed by atoms with Crippen molar-refractivity contribution < 1.29 is 14.3 Å². The first-order valence-corrected chi connectivity index (χ1v) is 8.79. The zero-order valence-electron chi connectivity index (χ0n) is 12.9. The van der Waals surface area contributed by atoms with Gasteiger partial charge in [-0.05, 0) is 57.4 Å². The third-order valence-electron chi connectivity index (χ3n) is 3.02. The highest BCUT2D eigenvalue weighted by Crippen LogP contribution is 2.27. The molecule has 0 aliphatic carbocycles. The smallest absolute Gasteiger partial charge is 0.331 e. The highest BCUT2D eigenvalue weighted by Gasteiger charge is 2.03. The number of halogens is 2. The normalized spacial score (nSPS) is 10.6. The standard InChI is InChI=1S/C19H16Br2O3/c1-2-11-23-19(22)10-6-14-5-9-18(17(21)12-14)24-13-15-3-7-16(20)8-4-15/h2-10,12H,1,11,13H2/b10-6+. The minimum Gasteiger partial charge on any atom is -0.488 e. The first kappa shape index (κ1) is 18.5. The van der Waals surface area contributed by atoms with Gasteiger partial charge in [0, 0.05) is 10.5 Å². The van der Waals surface area contributed by atoms with Crippen molar-refractivity contribution in [2.45, 2.75) is 6.61 Å². The van der Waals surface area contributed by atoms with E-state index in [1.807, 2.05) is 42.5 Å². The van der Waals surface area contributed by atoms with Gasteiger partial charge >= 0.3 is 5.97 Å². The lowest BCUT2D eigenvalue weighted by Crippen LogP contribution is -1.99. The summed E-state index contributed by atoms with van der Waals surface area (Å²) in [5, 5.41) is 0. The van der Waals surface area contributed by atoms with Crippen molar-refractivity contribution in [1.82, 2.24) is 0 Å². The number of rotatable bonds is 7. The Morgan fingerprint density at radius 1 is 1.12 bits per heavy atom. The second kappa shape index (κ2) is 9.45. The molecule has 2 rings (SSSR count). The number of hydrogen-bond acceptors (Lipinski definition) is 3. The number of esters is 1. The van der Waals surface area contributed by atoms with Gasteiger partial charge in [-0.25, -0.2) is 4.79 Å². The summed E-state index contributed by atoms with van der Waals surface area (Å²) >= 11 is 6.89. The lowest BCUT2D eigenvalue weighted by Gasteiger charge is -2.09. The van der Waals surface area contributed by atoms with Gasteiger partial charge in [0.2, 0.25) is 0 Å². The predicted octanol–water partition coefficient (Wildman–Crippen LogP) is 5.53. The monoisotopic (exact) mass is 450 g/mol. The summed E-state index contributed by atoms with van der Waals surface area (Å²) < 4.78 is 12.5. The Bertz CT molecular complexity index is 737. The second-order valence-electron chi connectivity index (χ2n) is 4.86. The number of ether oxygens (including phenoxy) is 2. The van der Waals surface area contributed by atoms with E-state index < -0.39 is 5.97 Å². The van der Waals surface area contributed by atoms with E-state index in [0.29, 0.717) is 6.61 Å². The van der Waals surface area contributed by atoms with Gasteiger partial charge in [0.1, 0.15) is 19.0 Å². The first-order valence-electron chi connectivity index (χ1n) is 7.21. The van der Waals surface area contributed by atoms with Crippen LogP contribution >= 0.6 is 31.9 Å². The summed E-state index contributed by atoms with van der Waals surface area (Å²) in [6.45, 7) is 4.18. The van der Waals surface area contributed by atoms with Crippen LogP contribution in [-0.4, -0.2) is 12.6 Å². The quantitative estimate of drug-likeness (QED) is 0.315. The molecule has 0 aromatic heterocycles. The highest BCUT2D eigenvalue weighted by molar-refractivity contribution is 9.10. The maximum atomic E-state index is 11.4. The van der Waals surface area contributed by atoms with E-state index in [1.165, 1.54) is 12.2 Å². The van der Waals surface area contributed by atoms with Gasteiger partial charge in [-0.3, -0.25) is 0 Å². The van der Waals surface area contributed by atoms with Gasteiger partial charge in [-0.2, -0.15) is 0 Å². The minimum atomic E-state index is -0.401. The van der Waals surface area contributed by atoms with Crippen LogP contribution < -0.4 is 4.74 Å². The van der Waals surface area contributed by atoms with Gasteiger partial charge in [-0.1, -0.05) is 46.8 Å². The van der Waals surface area contributed by atoms with Gasteiger partial charge in [0.05, 0.1) is 4.47 Å². The molecule has 2 aromatic rings. The average molecular weight is 452 g/mol. The fourth-order valence-corrected chi connectivity index (χ4v) is 2.61. The van der Waals surface area contributed by atoms with Gasteiger partial charge in [0.25, 0.3) is 0 Å². The summed E-state index contributed by atoms with van der Waals surface area (Å²) in [6.07, 6.45) is 4.60. The largest absolute Gasteiger partial charge is 0.488 e. The van der Waals surface area contributed by atoms with Crippen LogP contribution in [0.1, 0.15) is 11.1 Å². The van der Waals surface area contributed by atoms with Crippen molar-refractivity contribution in [2.75, 3.05) is 6.61 Å². The molecule has 5 heteroatoms. The van der Waals surface area contributed by atoms with E-state index in [4.69, 9.17) is 9.47 Å². The predicted molar refractivity (Wildman–Crippen MR) is 103 cm³/mol. The van der Waals surface area contributed by atoms with Gasteiger partial charge < -0.3 is 9.47 Å². The molecular weight excluding hydrogens is 436 g/mol. The average Bonchev–Trinajstić information content (AvgIpc) is 2.58. The lowest BCUT2D eigenvalue weighted by atomic mass is 10.2. The molecule has 0 bridgehead atoms. The van der Waals surface area contributed by atoms with E-state index in [1.54, 1.807) is 6.08 Å². The highest BCUT2D eigenvalue weighted by atomic mass is 79.9. The minimum absolute atomic E-state index is 0.204. The van der Waals surface area contributed by atoms with Crippen LogP contribution in [0.15, 0.2) is 70.1 Å². The molecule has 0 N–H and O–H groups in total. The molecule has 0 saturated heterocycles. The maximum absolute atomic E-state index is 11.4. The summed E-state index contributed by atoms with van der Waals surface area (Å²) in [7, 11) is 0. The Kier molecular flexibility index (Phi) is 7.28. The zero-order valence-corrected chi connectivity index (χ0v) is 16.0. The third kappa shape index (κ3) is 5.98. The molecule has 0 atom stereocenters. The number of carbonyl (C=O) groups is 1. The number of hydrogen-bond donors (Lipinski definition) is 0. The Morgan fingerprint density at radius 3 is 2.54 bits per heavy atom. The van der Waals surface area contributed by atoms with E-state index in [0.717, 1.165) is 25.8 Å². The molecule has 0 aliphatic heterocycles. The molecule has 0 aliphatic rings. The molecular formula is C19H16Br2O3. The summed E-state index contributed by atoms with van der Waals surface area (Å²) in [4.78, 5) is 11.4. The molecule has 0 heterocycles. The van der Waals surface area contributed by atoms with Gasteiger partial charge in [0.15, 0.2) is 0 Å². The molecule has 0 fully saturated rings. The summed E-state index contributed by atoms with van der Waals surface area (Å²) in [5.41, 5.74) is 1.95. The SMILES string of the molecule is C=CCOC(=O)/C=C/c1ccc(OCc2ccc(Br)cc2)c(Br)c1. The van der Waals surface area contributed by atoms with Crippen LogP contribution in [0, 0.1) is 0 Å². The summed E-state index contributed by atoms with van der Waals surface area (Å²) in [6, 6.07) is 13.6. The van der Waals surface area contributed by atoms with E-state index in [-0.39, 0.29) is 6.61 Å². The molecule has 0 saturated carbocycles. The van der Waals surface area contributed by atoms with Crippen LogP contribution in [0.25, 0.3) is 6.08 Å². The van der Waals surface area contributed by atoms with Crippen molar-refractivity contribution in [3.63, 3.8) is 0 Å². The number of carbonyl (C=O) groups excluding carboxylic acids is 1. The zero-order chi connectivity index (χ0) is 17.4. The van der Waals surface area contributed by atoms with Gasteiger partial charge in [-0.15, -0.1) is 0 Å². The van der Waals surface area contributed by atoms with Crippen LogP contribution in [-0.2, 0) is 16.1 Å². The fraction of sp³-hybridized carbons (Fsp3) is 0.105. The second-order valence-corrected chi connectivity index (χ2v) is 6.63. The van der Waals surface area contributed by atoms with Crippen molar-refractivity contribution >= 4 is 43.9 Å². The van der Waals surface area contributed by atoms with Crippen LogP contribution in [0.3, 0.4) is 0 Å². The molecule has 2 aromatic carbocycles. The van der Waals surface area contributed by atoms with E-state index in [2.05, 4.69) is 38.4 Å². The molecule has 0 radical (unpaired) electrons. The maximum Gasteiger partial charge on any atom is 0.331 e. The van der Waals surface area contributed by atoms with E-state index >= 15 is 0 Å². The summed E-state index contributed by atoms with van der Waals surface area (Å²) in [5.74, 6) is 0.339. The van der Waals surface area contributed by atoms with Crippen molar-refractivity contribution in [1.29, 1.82) is 0 Å². The first-order chi connectivity index (χ1) is 11.6. The molecule has 124 valence electrons. The number of benzene rings is 2. The molecule has 3 nitrogen and oxygen atoms in total. The van der Waals surface area contributed by atoms with Crippen molar-refractivity contribution in [3.05, 3.63) is 81.3 Å². The molecule has 0 spiro atoms. The Labute approximate surface area is 158 Å². The Hall–Kier alpha value is -1.85.